The van der Waals surface area contributed by atoms with E-state index in [1.807, 2.05) is 0 Å². The van der Waals surface area contributed by atoms with Gasteiger partial charge in [0.25, 0.3) is 0 Å². The van der Waals surface area contributed by atoms with E-state index in [0.717, 1.165) is 18.4 Å². The minimum atomic E-state index is -3.93. The van der Waals surface area contributed by atoms with Gasteiger partial charge in [0.1, 0.15) is 0 Å². The molecule has 0 radical (unpaired) electrons. The summed E-state index contributed by atoms with van der Waals surface area (Å²) in [6.07, 6.45) is 1.58. The van der Waals surface area contributed by atoms with Crippen LogP contribution in [0.1, 0.15) is 47.5 Å². The summed E-state index contributed by atoms with van der Waals surface area (Å²) < 4.78 is 4.48. The molecule has 0 atom stereocenters. The summed E-state index contributed by atoms with van der Waals surface area (Å²) in [7, 11) is 0. The molecule has 0 spiro atoms. The quantitative estimate of drug-likeness (QED) is 0.582. The number of carbonyl (C=O) groups is 1. The second-order valence-electron chi connectivity index (χ2n) is 5.29. The Labute approximate surface area is 114 Å². The first-order valence-electron chi connectivity index (χ1n) is 6.01. The van der Waals surface area contributed by atoms with Crippen LogP contribution in [0.4, 0.5) is 0 Å². The van der Waals surface area contributed by atoms with Crippen LogP contribution in [0.5, 0.6) is 0 Å². The Hall–Kier alpha value is -0.220. The number of allylic oxidation sites excluding steroid dienone is 1. The van der Waals surface area contributed by atoms with Gasteiger partial charge in [-0.1, -0.05) is 33.3 Å². The van der Waals surface area contributed by atoms with Gasteiger partial charge in [0.15, 0.2) is 0 Å². The van der Waals surface area contributed by atoms with Gasteiger partial charge in [-0.25, -0.2) is 4.79 Å². The van der Waals surface area contributed by atoms with Crippen molar-refractivity contribution in [1.82, 2.24) is 0 Å². The molecule has 0 rings (SSSR count). The van der Waals surface area contributed by atoms with Gasteiger partial charge in [-0.2, -0.15) is 0 Å². The Balaban J connectivity index is 5.05. The van der Waals surface area contributed by atoms with Crippen LogP contribution in [-0.2, 0) is 21.1 Å². The first kappa shape index (κ1) is 17.8. The molecule has 0 aliphatic heterocycles. The van der Waals surface area contributed by atoms with Crippen LogP contribution in [-0.4, -0.2) is 15.8 Å². The lowest BCUT2D eigenvalue weighted by Gasteiger charge is -2.17. The zero-order chi connectivity index (χ0) is 14.5. The minimum Gasteiger partial charge on any atom is -0.388 e. The largest absolute Gasteiger partial charge is 0.388 e. The average Bonchev–Trinajstić information content (AvgIpc) is 2.11. The summed E-state index contributed by atoms with van der Waals surface area (Å²) in [6, 6.07) is 0. The summed E-state index contributed by atoms with van der Waals surface area (Å²) >= 11 is 4.30. The van der Waals surface area contributed by atoms with Crippen molar-refractivity contribution in [3.63, 3.8) is 0 Å². The predicted octanol–water partition coefficient (Wildman–Crippen LogP) is 3.15. The van der Waals surface area contributed by atoms with Crippen LogP contribution < -0.4 is 0 Å². The van der Waals surface area contributed by atoms with E-state index >= 15 is 0 Å². The Bertz CT molecular complexity index is 356. The summed E-state index contributed by atoms with van der Waals surface area (Å²) in [5.74, 6) is 0.125. The molecule has 2 N–H and O–H groups in total. The summed E-state index contributed by atoms with van der Waals surface area (Å²) in [5, 5.41) is 0. The van der Waals surface area contributed by atoms with Crippen molar-refractivity contribution in [2.75, 3.05) is 0 Å². The monoisotopic (exact) mass is 294 g/mol. The predicted molar refractivity (Wildman–Crippen MR) is 76.4 cm³/mol. The summed E-state index contributed by atoms with van der Waals surface area (Å²) in [6.45, 7) is 6.00. The van der Waals surface area contributed by atoms with E-state index < -0.39 is 12.7 Å². The lowest BCUT2D eigenvalue weighted by molar-refractivity contribution is -0.130. The molecule has 0 bridgehead atoms. The molecule has 0 amide bonds. The highest BCUT2D eigenvalue weighted by Gasteiger charge is 2.20. The zero-order valence-corrected chi connectivity index (χ0v) is 13.3. The molecule has 106 valence electrons. The first-order chi connectivity index (χ1) is 8.03. The van der Waals surface area contributed by atoms with Crippen molar-refractivity contribution < 1.29 is 19.1 Å². The molecule has 0 aromatic carbocycles. The van der Waals surface area contributed by atoms with Crippen molar-refractivity contribution in [3.8, 4) is 0 Å². The van der Waals surface area contributed by atoms with Crippen molar-refractivity contribution in [2.45, 2.75) is 47.5 Å². The molecule has 0 saturated heterocycles. The van der Waals surface area contributed by atoms with Crippen molar-refractivity contribution in [2.24, 2.45) is 11.8 Å². The van der Waals surface area contributed by atoms with Crippen LogP contribution >= 0.6 is 6.72 Å². The van der Waals surface area contributed by atoms with Gasteiger partial charge in [-0.15, -0.1) is 0 Å². The molecule has 6 heteroatoms. The average molecular weight is 294 g/mol. The van der Waals surface area contributed by atoms with Crippen LogP contribution in [0.25, 0.3) is 0 Å². The molecule has 0 heterocycles. The topological polar surface area (TPSA) is 66.8 Å². The molecule has 4 nitrogen and oxygen atoms in total. The highest BCUT2D eigenvalue weighted by atomic mass is 32.5. The van der Waals surface area contributed by atoms with Crippen LogP contribution in [0.2, 0.25) is 0 Å². The maximum absolute atomic E-state index is 11.7. The van der Waals surface area contributed by atoms with Gasteiger partial charge in [0.2, 0.25) is 0 Å². The van der Waals surface area contributed by atoms with Crippen molar-refractivity contribution in [1.29, 1.82) is 0 Å². The van der Waals surface area contributed by atoms with Crippen LogP contribution in [0.15, 0.2) is 11.1 Å². The number of carbonyl (C=O) groups excluding carboxylic acids is 1. The Morgan fingerprint density at radius 3 is 1.83 bits per heavy atom. The number of hydrogen-bond acceptors (Lipinski definition) is 3. The number of hydrogen-bond donors (Lipinski definition) is 2. The van der Waals surface area contributed by atoms with Gasteiger partial charge in [0.05, 0.1) is 0 Å². The molecule has 0 aromatic rings. The van der Waals surface area contributed by atoms with Crippen LogP contribution in [0.3, 0.4) is 0 Å². The second-order valence-corrected chi connectivity index (χ2v) is 7.88. The van der Waals surface area contributed by atoms with E-state index in [-0.39, 0.29) is 0 Å². The standard InChI is InChI=1S/C12H23O4PS/c1-8(2)6-11(7-9(3)4)10(5)12(13)16-17(14,15)18/h8-9H,6-7H2,1-5H3,(H2,14,15,18). The summed E-state index contributed by atoms with van der Waals surface area (Å²) in [5.41, 5.74) is 1.43. The fourth-order valence-corrected chi connectivity index (χ4v) is 2.25. The Kier molecular flexibility index (Phi) is 7.30. The van der Waals surface area contributed by atoms with E-state index in [2.05, 4.69) is 44.0 Å². The van der Waals surface area contributed by atoms with Gasteiger partial charge in [-0.05, 0) is 31.6 Å². The Morgan fingerprint density at radius 2 is 1.56 bits per heavy atom. The zero-order valence-electron chi connectivity index (χ0n) is 11.6. The van der Waals surface area contributed by atoms with Crippen LogP contribution in [0, 0.1) is 11.8 Å². The molecule has 0 unspecified atom stereocenters. The minimum absolute atomic E-state index is 0.424. The highest BCUT2D eigenvalue weighted by molar-refractivity contribution is 8.06. The highest BCUT2D eigenvalue weighted by Crippen LogP contribution is 2.38. The van der Waals surface area contributed by atoms with E-state index in [0.29, 0.717) is 17.4 Å². The third kappa shape index (κ3) is 7.98. The second kappa shape index (κ2) is 7.39. The molecule has 0 aliphatic rings. The van der Waals surface area contributed by atoms with Gasteiger partial charge in [0, 0.05) is 17.4 Å². The lowest BCUT2D eigenvalue weighted by Crippen LogP contribution is -2.09. The van der Waals surface area contributed by atoms with Gasteiger partial charge in [-0.3, -0.25) is 0 Å². The van der Waals surface area contributed by atoms with E-state index in [4.69, 9.17) is 9.79 Å². The van der Waals surface area contributed by atoms with E-state index in [1.165, 1.54) is 0 Å². The molecule has 0 fully saturated rings. The molecule has 0 saturated carbocycles. The fourth-order valence-electron chi connectivity index (χ4n) is 1.70. The molecular weight excluding hydrogens is 271 g/mol. The third-order valence-electron chi connectivity index (χ3n) is 2.35. The lowest BCUT2D eigenvalue weighted by atomic mass is 9.91. The van der Waals surface area contributed by atoms with Crippen molar-refractivity contribution in [3.05, 3.63) is 11.1 Å². The number of rotatable bonds is 6. The summed E-state index contributed by atoms with van der Waals surface area (Å²) in [4.78, 5) is 29.7. The fraction of sp³-hybridized carbons (Fsp3) is 0.750. The molecule has 0 aliphatic carbocycles. The van der Waals surface area contributed by atoms with Gasteiger partial charge >= 0.3 is 12.7 Å². The SMILES string of the molecule is CC(C(=O)OP(O)(O)=S)=C(CC(C)C)CC(C)C. The normalized spacial score (nSPS) is 11.8. The van der Waals surface area contributed by atoms with E-state index in [1.54, 1.807) is 6.92 Å². The van der Waals surface area contributed by atoms with Gasteiger partial charge < -0.3 is 14.3 Å². The molecular formula is C12H23O4PS. The molecule has 18 heavy (non-hydrogen) atoms. The molecule has 0 aromatic heterocycles. The smallest absolute Gasteiger partial charge is 0.377 e. The first-order valence-corrected chi connectivity index (χ1v) is 8.63. The maximum atomic E-state index is 11.7. The maximum Gasteiger partial charge on any atom is 0.377 e. The van der Waals surface area contributed by atoms with E-state index in [9.17, 15) is 4.79 Å². The Morgan fingerprint density at radius 1 is 1.17 bits per heavy atom. The van der Waals surface area contributed by atoms with Crippen molar-refractivity contribution >= 4 is 24.5 Å². The third-order valence-corrected chi connectivity index (χ3v) is 2.97.